The highest BCUT2D eigenvalue weighted by Gasteiger charge is 2.24. The van der Waals surface area contributed by atoms with E-state index in [-0.39, 0.29) is 0 Å². The van der Waals surface area contributed by atoms with E-state index in [9.17, 15) is 0 Å². The molecule has 0 saturated heterocycles. The van der Waals surface area contributed by atoms with Gasteiger partial charge in [-0.3, -0.25) is 0 Å². The Morgan fingerprint density at radius 1 is 0.206 bits per heavy atom. The molecule has 0 aliphatic carbocycles. The van der Waals surface area contributed by atoms with E-state index in [1.807, 2.05) is 0 Å². The standard InChI is InChI=1S/C62H43N/c1-7-22-44(23-8-1)50-38-51(45-24-9-2-10-25-45)41-54(40-50)63(55-42-52(46-26-11-3-12-27-46)39-53(43-55)47-28-13-4-14-29-47)59-37-21-36-58-61(49-32-17-6-18-33-49)60(48-30-15-5-16-31-48)56-34-19-20-35-57(56)62(58)59/h1-43H. The molecule has 296 valence electrons. The van der Waals surface area contributed by atoms with Gasteiger partial charge in [0, 0.05) is 16.8 Å². The molecule has 0 unspecified atom stereocenters. The molecule has 11 rings (SSSR count). The monoisotopic (exact) mass is 801 g/mol. The average Bonchev–Trinajstić information content (AvgIpc) is 3.37. The van der Waals surface area contributed by atoms with Gasteiger partial charge >= 0.3 is 0 Å². The lowest BCUT2D eigenvalue weighted by Crippen LogP contribution is -2.12. The summed E-state index contributed by atoms with van der Waals surface area (Å²) in [5, 5.41) is 4.82. The Kier molecular flexibility index (Phi) is 9.97. The van der Waals surface area contributed by atoms with Crippen molar-refractivity contribution < 1.29 is 0 Å². The summed E-state index contributed by atoms with van der Waals surface area (Å²) >= 11 is 0. The molecule has 0 heterocycles. The molecule has 1 nitrogen and oxygen atoms in total. The number of nitrogens with zero attached hydrogens (tertiary/aromatic N) is 1. The summed E-state index contributed by atoms with van der Waals surface area (Å²) in [5.41, 5.74) is 17.4. The van der Waals surface area contributed by atoms with Crippen LogP contribution in [0.2, 0.25) is 0 Å². The van der Waals surface area contributed by atoms with Gasteiger partial charge in [0.15, 0.2) is 0 Å². The van der Waals surface area contributed by atoms with E-state index in [1.54, 1.807) is 0 Å². The van der Waals surface area contributed by atoms with Crippen molar-refractivity contribution in [1.82, 2.24) is 0 Å². The summed E-state index contributed by atoms with van der Waals surface area (Å²) in [6, 6.07) is 94.9. The minimum atomic E-state index is 1.07. The first-order valence-corrected chi connectivity index (χ1v) is 21.7. The zero-order chi connectivity index (χ0) is 42.0. The van der Waals surface area contributed by atoms with Crippen LogP contribution in [0.15, 0.2) is 261 Å². The molecule has 0 aromatic heterocycles. The average molecular weight is 802 g/mol. The lowest BCUT2D eigenvalue weighted by Gasteiger charge is -2.30. The van der Waals surface area contributed by atoms with Gasteiger partial charge < -0.3 is 4.90 Å². The normalized spacial score (nSPS) is 11.2. The van der Waals surface area contributed by atoms with Crippen LogP contribution >= 0.6 is 0 Å². The van der Waals surface area contributed by atoms with Crippen molar-refractivity contribution in [2.24, 2.45) is 0 Å². The van der Waals surface area contributed by atoms with E-state index in [0.29, 0.717) is 0 Å². The Balaban J connectivity index is 1.29. The van der Waals surface area contributed by atoms with Crippen LogP contribution in [-0.4, -0.2) is 0 Å². The van der Waals surface area contributed by atoms with E-state index in [0.717, 1.165) is 39.3 Å². The molecular weight excluding hydrogens is 759 g/mol. The fraction of sp³-hybridized carbons (Fsp3) is 0. The van der Waals surface area contributed by atoms with Crippen molar-refractivity contribution in [3.8, 4) is 66.8 Å². The van der Waals surface area contributed by atoms with Gasteiger partial charge in [-0.1, -0.05) is 218 Å². The quantitative estimate of drug-likeness (QED) is 0.131. The van der Waals surface area contributed by atoms with Gasteiger partial charge in [0.25, 0.3) is 0 Å². The topological polar surface area (TPSA) is 3.24 Å². The third-order valence-electron chi connectivity index (χ3n) is 12.2. The zero-order valence-corrected chi connectivity index (χ0v) is 34.8. The Hall–Kier alpha value is -8.26. The molecule has 0 spiro atoms. The first kappa shape index (κ1) is 37.7. The van der Waals surface area contributed by atoms with Crippen LogP contribution in [0.3, 0.4) is 0 Å². The predicted molar refractivity (Wildman–Crippen MR) is 269 cm³/mol. The van der Waals surface area contributed by atoms with Crippen LogP contribution < -0.4 is 4.90 Å². The molecule has 11 aromatic rings. The van der Waals surface area contributed by atoms with Crippen LogP contribution in [0.4, 0.5) is 17.1 Å². The summed E-state index contributed by atoms with van der Waals surface area (Å²) in [6.45, 7) is 0. The minimum absolute atomic E-state index is 1.07. The second kappa shape index (κ2) is 16.7. The van der Waals surface area contributed by atoms with Crippen LogP contribution in [0, 0.1) is 0 Å². The SMILES string of the molecule is c1ccc(-c2cc(-c3ccccc3)cc(N(c3cc(-c4ccccc4)cc(-c4ccccc4)c3)c3cccc4c(-c5ccccc5)c(-c5ccccc5)c5ccccc5c34)c2)cc1. The zero-order valence-electron chi connectivity index (χ0n) is 34.8. The van der Waals surface area contributed by atoms with Gasteiger partial charge in [0.05, 0.1) is 5.69 Å². The first-order chi connectivity index (χ1) is 31.3. The lowest BCUT2D eigenvalue weighted by atomic mass is 9.84. The molecule has 1 heteroatoms. The highest BCUT2D eigenvalue weighted by atomic mass is 15.1. The molecule has 0 amide bonds. The second-order valence-corrected chi connectivity index (χ2v) is 16.1. The maximum absolute atomic E-state index is 2.52. The summed E-state index contributed by atoms with van der Waals surface area (Å²) < 4.78 is 0. The summed E-state index contributed by atoms with van der Waals surface area (Å²) in [6.07, 6.45) is 0. The smallest absolute Gasteiger partial charge is 0.0546 e. The van der Waals surface area contributed by atoms with Crippen molar-refractivity contribution in [3.63, 3.8) is 0 Å². The van der Waals surface area contributed by atoms with Gasteiger partial charge in [0.1, 0.15) is 0 Å². The maximum Gasteiger partial charge on any atom is 0.0546 e. The van der Waals surface area contributed by atoms with Crippen molar-refractivity contribution >= 4 is 38.6 Å². The summed E-state index contributed by atoms with van der Waals surface area (Å²) in [4.78, 5) is 2.52. The van der Waals surface area contributed by atoms with E-state index >= 15 is 0 Å². The maximum atomic E-state index is 2.52. The second-order valence-electron chi connectivity index (χ2n) is 16.1. The Morgan fingerprint density at radius 3 is 0.889 bits per heavy atom. The van der Waals surface area contributed by atoms with Gasteiger partial charge in [-0.25, -0.2) is 0 Å². The number of fused-ring (bicyclic) bond motifs is 3. The highest BCUT2D eigenvalue weighted by molar-refractivity contribution is 6.25. The van der Waals surface area contributed by atoms with E-state index < -0.39 is 0 Å². The molecule has 0 fully saturated rings. The van der Waals surface area contributed by atoms with Gasteiger partial charge in [-0.05, 0) is 125 Å². The van der Waals surface area contributed by atoms with Gasteiger partial charge in [-0.2, -0.15) is 0 Å². The third-order valence-corrected chi connectivity index (χ3v) is 12.2. The number of hydrogen-bond acceptors (Lipinski definition) is 1. The van der Waals surface area contributed by atoms with Crippen LogP contribution in [0.5, 0.6) is 0 Å². The largest absolute Gasteiger partial charge is 0.310 e. The molecule has 11 aromatic carbocycles. The van der Waals surface area contributed by atoms with Crippen molar-refractivity contribution in [1.29, 1.82) is 0 Å². The molecule has 0 bridgehead atoms. The summed E-state index contributed by atoms with van der Waals surface area (Å²) in [5.74, 6) is 0. The minimum Gasteiger partial charge on any atom is -0.310 e. The van der Waals surface area contributed by atoms with Gasteiger partial charge in [-0.15, -0.1) is 0 Å². The fourth-order valence-electron chi connectivity index (χ4n) is 9.31. The van der Waals surface area contributed by atoms with Crippen LogP contribution in [0.1, 0.15) is 0 Å². The Morgan fingerprint density at radius 2 is 0.508 bits per heavy atom. The molecule has 0 radical (unpaired) electrons. The molecule has 0 atom stereocenters. The number of hydrogen-bond donors (Lipinski definition) is 0. The highest BCUT2D eigenvalue weighted by Crippen LogP contribution is 2.51. The third kappa shape index (κ3) is 7.26. The molecule has 0 aliphatic heterocycles. The van der Waals surface area contributed by atoms with Crippen LogP contribution in [-0.2, 0) is 0 Å². The Bertz CT molecular complexity index is 3100. The Labute approximate surface area is 369 Å². The fourth-order valence-corrected chi connectivity index (χ4v) is 9.31. The predicted octanol–water partition coefficient (Wildman–Crippen LogP) is 17.5. The number of benzene rings is 11. The van der Waals surface area contributed by atoms with E-state index in [2.05, 4.69) is 266 Å². The molecule has 0 saturated carbocycles. The number of rotatable bonds is 9. The van der Waals surface area contributed by atoms with Crippen molar-refractivity contribution in [3.05, 3.63) is 261 Å². The lowest BCUT2D eigenvalue weighted by molar-refractivity contribution is 1.30. The van der Waals surface area contributed by atoms with Crippen LogP contribution in [0.25, 0.3) is 88.3 Å². The molecule has 0 aliphatic rings. The summed E-state index contributed by atoms with van der Waals surface area (Å²) in [7, 11) is 0. The van der Waals surface area contributed by atoms with E-state index in [1.165, 1.54) is 66.1 Å². The molecular formula is C62H43N. The van der Waals surface area contributed by atoms with Crippen molar-refractivity contribution in [2.45, 2.75) is 0 Å². The number of anilines is 3. The van der Waals surface area contributed by atoms with Crippen molar-refractivity contribution in [2.75, 3.05) is 4.90 Å². The first-order valence-electron chi connectivity index (χ1n) is 21.7. The molecule has 63 heavy (non-hydrogen) atoms. The van der Waals surface area contributed by atoms with Gasteiger partial charge in [0.2, 0.25) is 0 Å². The van der Waals surface area contributed by atoms with E-state index in [4.69, 9.17) is 0 Å². The molecule has 0 N–H and O–H groups in total.